The molecule has 1 heterocycles. The highest BCUT2D eigenvalue weighted by Gasteiger charge is 2.31. The molecule has 2 N–H and O–H groups in total. The van der Waals surface area contributed by atoms with Crippen LogP contribution in [0.25, 0.3) is 0 Å². The molecule has 0 bridgehead atoms. The van der Waals surface area contributed by atoms with Gasteiger partial charge in [-0.15, -0.1) is 0 Å². The Bertz CT molecular complexity index is 677. The highest BCUT2D eigenvalue weighted by atomic mass is 16.5. The molecule has 3 nitrogen and oxygen atoms in total. The molecule has 110 valence electrons. The lowest BCUT2D eigenvalue weighted by Crippen LogP contribution is -2.25. The summed E-state index contributed by atoms with van der Waals surface area (Å²) in [7, 11) is 0. The summed E-state index contributed by atoms with van der Waals surface area (Å²) in [6.45, 7) is 6.94. The van der Waals surface area contributed by atoms with Gasteiger partial charge in [0.25, 0.3) is 0 Å². The van der Waals surface area contributed by atoms with Crippen LogP contribution in [0.4, 0.5) is 5.69 Å². The summed E-state index contributed by atoms with van der Waals surface area (Å²) in [6, 6.07) is 11.7. The van der Waals surface area contributed by atoms with Crippen molar-refractivity contribution >= 4 is 5.69 Å². The molecule has 0 fully saturated rings. The molecule has 0 aliphatic carbocycles. The Hall–Kier alpha value is -2.16. The number of aryl methyl sites for hydroxylation is 1. The van der Waals surface area contributed by atoms with Gasteiger partial charge in [0.05, 0.1) is 0 Å². The molecular formula is C18H21NO2. The van der Waals surface area contributed by atoms with Crippen LogP contribution in [0.1, 0.15) is 30.5 Å². The molecule has 2 aromatic carbocycles. The first kappa shape index (κ1) is 13.8. The van der Waals surface area contributed by atoms with Gasteiger partial charge in [0, 0.05) is 24.2 Å². The monoisotopic (exact) mass is 283 g/mol. The third-order valence-corrected chi connectivity index (χ3v) is 3.85. The van der Waals surface area contributed by atoms with Crippen LogP contribution < -0.4 is 10.1 Å². The Kier molecular flexibility index (Phi) is 3.28. The number of para-hydroxylation sites is 1. The van der Waals surface area contributed by atoms with Crippen LogP contribution in [-0.2, 0) is 13.0 Å². The fourth-order valence-corrected chi connectivity index (χ4v) is 2.86. The zero-order valence-electron chi connectivity index (χ0n) is 12.7. The van der Waals surface area contributed by atoms with E-state index in [-0.39, 0.29) is 5.60 Å². The van der Waals surface area contributed by atoms with Crippen LogP contribution in [-0.4, -0.2) is 10.7 Å². The number of hydrogen-bond acceptors (Lipinski definition) is 3. The summed E-state index contributed by atoms with van der Waals surface area (Å²) >= 11 is 0. The molecule has 3 heteroatoms. The van der Waals surface area contributed by atoms with Gasteiger partial charge in [0.1, 0.15) is 17.1 Å². The summed E-state index contributed by atoms with van der Waals surface area (Å²) in [6.07, 6.45) is 0.953. The Labute approximate surface area is 125 Å². The van der Waals surface area contributed by atoms with Crippen LogP contribution in [0.3, 0.4) is 0 Å². The number of aromatic hydroxyl groups is 1. The van der Waals surface area contributed by atoms with Crippen molar-refractivity contribution in [2.24, 2.45) is 0 Å². The summed E-state index contributed by atoms with van der Waals surface area (Å²) in [5.74, 6) is 1.31. The number of phenolic OH excluding ortho intramolecular Hbond substituents is 1. The largest absolute Gasteiger partial charge is 0.508 e. The van der Waals surface area contributed by atoms with E-state index in [1.807, 2.05) is 13.0 Å². The fourth-order valence-electron chi connectivity index (χ4n) is 2.86. The average Bonchev–Trinajstić information content (AvgIpc) is 2.72. The minimum absolute atomic E-state index is 0.118. The van der Waals surface area contributed by atoms with E-state index in [0.29, 0.717) is 12.3 Å². The van der Waals surface area contributed by atoms with Crippen molar-refractivity contribution in [2.75, 3.05) is 5.32 Å². The van der Waals surface area contributed by atoms with Crippen molar-refractivity contribution in [3.63, 3.8) is 0 Å². The van der Waals surface area contributed by atoms with Crippen molar-refractivity contribution in [2.45, 2.75) is 39.3 Å². The molecule has 0 atom stereocenters. The number of benzene rings is 2. The van der Waals surface area contributed by atoms with E-state index in [0.717, 1.165) is 23.4 Å². The highest BCUT2D eigenvalue weighted by molar-refractivity contribution is 5.55. The summed E-state index contributed by atoms with van der Waals surface area (Å²) < 4.78 is 6.08. The van der Waals surface area contributed by atoms with Crippen LogP contribution in [0.2, 0.25) is 0 Å². The second-order valence-electron chi connectivity index (χ2n) is 6.30. The molecule has 1 aliphatic rings. The van der Waals surface area contributed by atoms with E-state index in [1.165, 1.54) is 11.1 Å². The SMILES string of the molecule is Cc1cc(O)ccc1NCc1cccc2c1OC(C)(C)C2. The zero-order chi connectivity index (χ0) is 15.0. The molecular weight excluding hydrogens is 262 g/mol. The van der Waals surface area contributed by atoms with E-state index in [9.17, 15) is 5.11 Å². The van der Waals surface area contributed by atoms with Crippen molar-refractivity contribution in [1.29, 1.82) is 0 Å². The van der Waals surface area contributed by atoms with Gasteiger partial charge in [0.2, 0.25) is 0 Å². The summed E-state index contributed by atoms with van der Waals surface area (Å²) in [4.78, 5) is 0. The van der Waals surface area contributed by atoms with Gasteiger partial charge in [-0.05, 0) is 50.1 Å². The smallest absolute Gasteiger partial charge is 0.128 e. The molecule has 0 saturated carbocycles. The van der Waals surface area contributed by atoms with Crippen LogP contribution in [0.5, 0.6) is 11.5 Å². The number of anilines is 1. The molecule has 0 radical (unpaired) electrons. The predicted octanol–water partition coefficient (Wildman–Crippen LogP) is 4.03. The van der Waals surface area contributed by atoms with Gasteiger partial charge in [0.15, 0.2) is 0 Å². The van der Waals surface area contributed by atoms with Crippen LogP contribution in [0, 0.1) is 6.92 Å². The van der Waals surface area contributed by atoms with Gasteiger partial charge in [-0.1, -0.05) is 18.2 Å². The van der Waals surface area contributed by atoms with Gasteiger partial charge in [-0.2, -0.15) is 0 Å². The van der Waals surface area contributed by atoms with Crippen LogP contribution >= 0.6 is 0 Å². The predicted molar refractivity (Wildman–Crippen MR) is 85.0 cm³/mol. The van der Waals surface area contributed by atoms with E-state index in [2.05, 4.69) is 37.4 Å². The lowest BCUT2D eigenvalue weighted by Gasteiger charge is -2.18. The maximum atomic E-state index is 9.46. The second kappa shape index (κ2) is 4.99. The lowest BCUT2D eigenvalue weighted by molar-refractivity contribution is 0.137. The first-order valence-electron chi connectivity index (χ1n) is 7.28. The Morgan fingerprint density at radius 3 is 2.81 bits per heavy atom. The average molecular weight is 283 g/mol. The molecule has 2 aromatic rings. The molecule has 0 unspecified atom stereocenters. The summed E-state index contributed by atoms with van der Waals surface area (Å²) in [5.41, 5.74) is 4.39. The Morgan fingerprint density at radius 1 is 1.24 bits per heavy atom. The van der Waals surface area contributed by atoms with Gasteiger partial charge < -0.3 is 15.2 Å². The van der Waals surface area contributed by atoms with Crippen molar-refractivity contribution < 1.29 is 9.84 Å². The van der Waals surface area contributed by atoms with E-state index < -0.39 is 0 Å². The normalized spacial score (nSPS) is 15.4. The molecule has 21 heavy (non-hydrogen) atoms. The van der Waals surface area contributed by atoms with Gasteiger partial charge in [-0.3, -0.25) is 0 Å². The summed E-state index contributed by atoms with van der Waals surface area (Å²) in [5, 5.41) is 12.9. The number of fused-ring (bicyclic) bond motifs is 1. The maximum Gasteiger partial charge on any atom is 0.128 e. The highest BCUT2D eigenvalue weighted by Crippen LogP contribution is 2.37. The fraction of sp³-hybridized carbons (Fsp3) is 0.333. The molecule has 0 saturated heterocycles. The Balaban J connectivity index is 1.80. The zero-order valence-corrected chi connectivity index (χ0v) is 12.7. The maximum absolute atomic E-state index is 9.46. The molecule has 0 aromatic heterocycles. The number of rotatable bonds is 3. The van der Waals surface area contributed by atoms with E-state index in [4.69, 9.17) is 4.74 Å². The standard InChI is InChI=1S/C18H21NO2/c1-12-9-15(20)7-8-16(12)19-11-14-6-4-5-13-10-18(2,3)21-17(13)14/h4-9,19-20H,10-11H2,1-3H3. The van der Waals surface area contributed by atoms with Crippen molar-refractivity contribution in [3.05, 3.63) is 53.1 Å². The first-order valence-corrected chi connectivity index (χ1v) is 7.28. The first-order chi connectivity index (χ1) is 9.94. The quantitative estimate of drug-likeness (QED) is 0.836. The topological polar surface area (TPSA) is 41.5 Å². The number of ether oxygens (including phenoxy) is 1. The van der Waals surface area contributed by atoms with E-state index >= 15 is 0 Å². The number of nitrogens with one attached hydrogen (secondary N) is 1. The molecule has 0 amide bonds. The third kappa shape index (κ3) is 2.82. The minimum atomic E-state index is -0.118. The third-order valence-electron chi connectivity index (χ3n) is 3.85. The Morgan fingerprint density at radius 2 is 2.05 bits per heavy atom. The van der Waals surface area contributed by atoms with Crippen molar-refractivity contribution in [1.82, 2.24) is 0 Å². The number of hydrogen-bond donors (Lipinski definition) is 2. The lowest BCUT2D eigenvalue weighted by atomic mass is 10.0. The molecule has 0 spiro atoms. The van der Waals surface area contributed by atoms with Crippen LogP contribution in [0.15, 0.2) is 36.4 Å². The number of phenols is 1. The molecule has 3 rings (SSSR count). The minimum Gasteiger partial charge on any atom is -0.508 e. The van der Waals surface area contributed by atoms with E-state index in [1.54, 1.807) is 12.1 Å². The molecule has 1 aliphatic heterocycles. The van der Waals surface area contributed by atoms with Crippen molar-refractivity contribution in [3.8, 4) is 11.5 Å². The van der Waals surface area contributed by atoms with Gasteiger partial charge in [-0.25, -0.2) is 0 Å². The second-order valence-corrected chi connectivity index (χ2v) is 6.30. The van der Waals surface area contributed by atoms with Gasteiger partial charge >= 0.3 is 0 Å².